The number of hydrogen-bond donors (Lipinski definition) is 2. The first-order chi connectivity index (χ1) is 9.52. The van der Waals surface area contributed by atoms with E-state index in [1.54, 1.807) is 12.1 Å². The highest BCUT2D eigenvalue weighted by Crippen LogP contribution is 2.48. The number of halogens is 2. The van der Waals surface area contributed by atoms with Crippen LogP contribution in [0.3, 0.4) is 0 Å². The molecule has 1 atom stereocenters. The molecule has 0 aromatic heterocycles. The zero-order chi connectivity index (χ0) is 14.8. The van der Waals surface area contributed by atoms with E-state index < -0.39 is 6.10 Å². The summed E-state index contributed by atoms with van der Waals surface area (Å²) in [6.07, 6.45) is 4.22. The number of rotatable bonds is 4. The van der Waals surface area contributed by atoms with Gasteiger partial charge in [-0.1, -0.05) is 29.3 Å². The molecule has 1 unspecified atom stereocenters. The van der Waals surface area contributed by atoms with Gasteiger partial charge in [-0.05, 0) is 49.8 Å². The topological polar surface area (TPSA) is 46.2 Å². The molecule has 1 aromatic rings. The van der Waals surface area contributed by atoms with Gasteiger partial charge < -0.3 is 10.8 Å². The molecule has 0 amide bonds. The molecule has 1 fully saturated rings. The molecule has 2 rings (SSSR count). The van der Waals surface area contributed by atoms with Crippen molar-refractivity contribution in [2.45, 2.75) is 45.1 Å². The number of hydrogen-bond acceptors (Lipinski definition) is 2. The predicted octanol–water partition coefficient (Wildman–Crippen LogP) is 4.17. The lowest BCUT2D eigenvalue weighted by atomic mass is 9.65. The Hall–Kier alpha value is -0.450. The first-order valence-electron chi connectivity index (χ1n) is 7.35. The second-order valence-corrected chi connectivity index (χ2v) is 6.90. The predicted molar refractivity (Wildman–Crippen MR) is 82.8 cm³/mol. The van der Waals surface area contributed by atoms with E-state index in [2.05, 4.69) is 22.9 Å². The fourth-order valence-corrected chi connectivity index (χ4v) is 3.68. The van der Waals surface area contributed by atoms with E-state index >= 15 is 0 Å². The van der Waals surface area contributed by atoms with Gasteiger partial charge in [0, 0.05) is 22.0 Å². The van der Waals surface area contributed by atoms with Crippen LogP contribution in [0, 0.1) is 17.2 Å². The van der Waals surface area contributed by atoms with Crippen LogP contribution < -0.4 is 5.73 Å². The van der Waals surface area contributed by atoms with Crippen LogP contribution in [0.15, 0.2) is 22.7 Å². The van der Waals surface area contributed by atoms with Gasteiger partial charge in [-0.25, -0.2) is 4.39 Å². The van der Waals surface area contributed by atoms with Gasteiger partial charge in [0.1, 0.15) is 5.82 Å². The summed E-state index contributed by atoms with van der Waals surface area (Å²) in [4.78, 5) is 0. The summed E-state index contributed by atoms with van der Waals surface area (Å²) in [5.41, 5.74) is 5.94. The number of nitrogens with two attached hydrogens (primary N) is 1. The van der Waals surface area contributed by atoms with Crippen molar-refractivity contribution in [3.8, 4) is 0 Å². The van der Waals surface area contributed by atoms with Crippen molar-refractivity contribution in [2.75, 3.05) is 6.54 Å². The molecule has 0 aliphatic heterocycles. The second kappa shape index (κ2) is 6.54. The van der Waals surface area contributed by atoms with Crippen molar-refractivity contribution in [3.05, 3.63) is 34.1 Å². The first kappa shape index (κ1) is 15.9. The molecule has 0 bridgehead atoms. The smallest absolute Gasteiger partial charge is 0.129 e. The Morgan fingerprint density at radius 1 is 1.45 bits per heavy atom. The third-order valence-corrected chi connectivity index (χ3v) is 5.41. The lowest BCUT2D eigenvalue weighted by molar-refractivity contribution is -0.0123. The Morgan fingerprint density at radius 3 is 2.65 bits per heavy atom. The Bertz CT molecular complexity index is 458. The van der Waals surface area contributed by atoms with E-state index in [0.717, 1.165) is 30.2 Å². The van der Waals surface area contributed by atoms with E-state index in [-0.39, 0.29) is 11.2 Å². The zero-order valence-corrected chi connectivity index (χ0v) is 13.5. The SMILES string of the molecule is CCC1CCC(CN)(C(O)c2cc(Br)ccc2F)CC1. The van der Waals surface area contributed by atoms with Crippen molar-refractivity contribution < 1.29 is 9.50 Å². The Morgan fingerprint density at radius 2 is 2.10 bits per heavy atom. The first-order valence-corrected chi connectivity index (χ1v) is 8.15. The van der Waals surface area contributed by atoms with Gasteiger partial charge in [0.25, 0.3) is 0 Å². The summed E-state index contributed by atoms with van der Waals surface area (Å²) in [7, 11) is 0. The maximum atomic E-state index is 14.0. The minimum Gasteiger partial charge on any atom is -0.388 e. The molecule has 2 nitrogen and oxygen atoms in total. The van der Waals surface area contributed by atoms with Crippen LogP contribution in [-0.2, 0) is 0 Å². The molecule has 3 N–H and O–H groups in total. The number of aliphatic hydroxyl groups excluding tert-OH is 1. The highest BCUT2D eigenvalue weighted by atomic mass is 79.9. The summed E-state index contributed by atoms with van der Waals surface area (Å²) >= 11 is 3.34. The summed E-state index contributed by atoms with van der Waals surface area (Å²) < 4.78 is 14.8. The van der Waals surface area contributed by atoms with Gasteiger partial charge in [0.15, 0.2) is 0 Å². The van der Waals surface area contributed by atoms with Crippen molar-refractivity contribution >= 4 is 15.9 Å². The van der Waals surface area contributed by atoms with Gasteiger partial charge in [0.05, 0.1) is 6.10 Å². The largest absolute Gasteiger partial charge is 0.388 e. The van der Waals surface area contributed by atoms with E-state index in [1.807, 2.05) is 0 Å². The van der Waals surface area contributed by atoms with Crippen LogP contribution in [0.5, 0.6) is 0 Å². The maximum Gasteiger partial charge on any atom is 0.129 e. The van der Waals surface area contributed by atoms with E-state index in [4.69, 9.17) is 5.73 Å². The van der Waals surface area contributed by atoms with E-state index in [1.165, 1.54) is 12.5 Å². The fourth-order valence-electron chi connectivity index (χ4n) is 3.30. The van der Waals surface area contributed by atoms with Crippen molar-refractivity contribution in [3.63, 3.8) is 0 Å². The van der Waals surface area contributed by atoms with Gasteiger partial charge in [-0.2, -0.15) is 0 Å². The summed E-state index contributed by atoms with van der Waals surface area (Å²) in [6.45, 7) is 2.60. The highest BCUT2D eigenvalue weighted by molar-refractivity contribution is 9.10. The number of benzene rings is 1. The van der Waals surface area contributed by atoms with Crippen molar-refractivity contribution in [1.82, 2.24) is 0 Å². The van der Waals surface area contributed by atoms with Crippen molar-refractivity contribution in [2.24, 2.45) is 17.1 Å². The minimum absolute atomic E-state index is 0.355. The average Bonchev–Trinajstić information content (AvgIpc) is 2.49. The van der Waals surface area contributed by atoms with Gasteiger partial charge in [-0.3, -0.25) is 0 Å². The molecule has 1 saturated carbocycles. The Kier molecular flexibility index (Phi) is 5.21. The van der Waals surface area contributed by atoms with Gasteiger partial charge >= 0.3 is 0 Å². The van der Waals surface area contributed by atoms with Gasteiger partial charge in [-0.15, -0.1) is 0 Å². The molecule has 1 aliphatic rings. The van der Waals surface area contributed by atoms with Crippen LogP contribution >= 0.6 is 15.9 Å². The summed E-state index contributed by atoms with van der Waals surface area (Å²) in [5.74, 6) is 0.361. The van der Waals surface area contributed by atoms with E-state index in [0.29, 0.717) is 18.0 Å². The molecule has 0 radical (unpaired) electrons. The molecule has 20 heavy (non-hydrogen) atoms. The van der Waals surface area contributed by atoms with Crippen LogP contribution in [0.2, 0.25) is 0 Å². The van der Waals surface area contributed by atoms with Crippen LogP contribution in [0.25, 0.3) is 0 Å². The van der Waals surface area contributed by atoms with E-state index in [9.17, 15) is 9.50 Å². The third-order valence-electron chi connectivity index (χ3n) is 4.92. The van der Waals surface area contributed by atoms with Crippen LogP contribution in [0.1, 0.15) is 50.7 Å². The van der Waals surface area contributed by atoms with Crippen LogP contribution in [-0.4, -0.2) is 11.7 Å². The molecular formula is C16H23BrFNO. The Balaban J connectivity index is 2.25. The van der Waals surface area contributed by atoms with Crippen molar-refractivity contribution in [1.29, 1.82) is 0 Å². The number of aliphatic hydroxyl groups is 1. The molecule has 0 heterocycles. The van der Waals surface area contributed by atoms with Crippen LogP contribution in [0.4, 0.5) is 4.39 Å². The molecule has 0 saturated heterocycles. The zero-order valence-electron chi connectivity index (χ0n) is 11.9. The normalized spacial score (nSPS) is 28.4. The molecular weight excluding hydrogens is 321 g/mol. The lowest BCUT2D eigenvalue weighted by Crippen LogP contribution is -2.40. The molecule has 1 aliphatic carbocycles. The lowest BCUT2D eigenvalue weighted by Gasteiger charge is -2.43. The third kappa shape index (κ3) is 3.07. The highest BCUT2D eigenvalue weighted by Gasteiger charge is 2.41. The molecule has 112 valence electrons. The maximum absolute atomic E-state index is 14.0. The minimum atomic E-state index is -0.831. The fraction of sp³-hybridized carbons (Fsp3) is 0.625. The standard InChI is InChI=1S/C16H23BrFNO/c1-2-11-5-7-16(10-19,8-6-11)15(20)13-9-12(17)3-4-14(13)18/h3-4,9,11,15,20H,2,5-8,10,19H2,1H3. The monoisotopic (exact) mass is 343 g/mol. The summed E-state index contributed by atoms with van der Waals surface area (Å²) in [5, 5.41) is 10.7. The molecule has 1 aromatic carbocycles. The molecule has 4 heteroatoms. The summed E-state index contributed by atoms with van der Waals surface area (Å²) in [6, 6.07) is 4.71. The average molecular weight is 344 g/mol. The Labute approximate surface area is 128 Å². The quantitative estimate of drug-likeness (QED) is 0.861. The second-order valence-electron chi connectivity index (χ2n) is 5.99. The molecule has 0 spiro atoms. The van der Waals surface area contributed by atoms with Gasteiger partial charge in [0.2, 0.25) is 0 Å².